The van der Waals surface area contributed by atoms with Gasteiger partial charge in [-0.25, -0.2) is 0 Å². The maximum absolute atomic E-state index is 12.6. The van der Waals surface area contributed by atoms with Crippen LogP contribution in [-0.2, 0) is 89.7 Å². The van der Waals surface area contributed by atoms with Crippen molar-refractivity contribution >= 4 is 140 Å². The summed E-state index contributed by atoms with van der Waals surface area (Å²) in [6, 6.07) is 61.8. The van der Waals surface area contributed by atoms with Crippen LogP contribution < -0.4 is 42.5 Å². The van der Waals surface area contributed by atoms with Gasteiger partial charge in [0.1, 0.15) is 0 Å². The van der Waals surface area contributed by atoms with Gasteiger partial charge in [0.2, 0.25) is 47.3 Å². The van der Waals surface area contributed by atoms with Gasteiger partial charge >= 0.3 is 0 Å². The Balaban J connectivity index is 0.000000189. The van der Waals surface area contributed by atoms with Crippen LogP contribution >= 0.6 is 92.8 Å². The zero-order valence-corrected chi connectivity index (χ0v) is 86.9. The van der Waals surface area contributed by atoms with Gasteiger partial charge in [-0.05, 0) is 346 Å². The number of nitrogens with one attached hydrogen (secondary N) is 8. The van der Waals surface area contributed by atoms with Crippen molar-refractivity contribution in [3.63, 3.8) is 0 Å². The highest BCUT2D eigenvalue weighted by Gasteiger charge is 2.42. The van der Waals surface area contributed by atoms with Gasteiger partial charge in [0.05, 0.1) is 6.04 Å². The van der Waals surface area contributed by atoms with E-state index in [2.05, 4.69) is 161 Å². The fourth-order valence-corrected chi connectivity index (χ4v) is 21.6. The molecule has 5 aliphatic rings. The van der Waals surface area contributed by atoms with Crippen LogP contribution in [0, 0.1) is 0 Å². The monoisotopic (exact) mass is 2020 g/mol. The van der Waals surface area contributed by atoms with Crippen LogP contribution in [0.1, 0.15) is 217 Å². The maximum Gasteiger partial charge on any atom is 0.220 e. The Bertz CT molecular complexity index is 5240. The lowest BCUT2D eigenvalue weighted by atomic mass is 9.75. The molecule has 4 fully saturated rings. The summed E-state index contributed by atoms with van der Waals surface area (Å²) in [5.41, 5.74) is 10.8. The molecule has 0 heterocycles. The number of likely N-dealkylation sites (N-methyl/N-ethyl adjacent to an activating group) is 4. The lowest BCUT2D eigenvalue weighted by Crippen LogP contribution is -2.52. The fourth-order valence-electron chi connectivity index (χ4n) is 19.9. The Morgan fingerprint density at radius 3 is 0.898 bits per heavy atom. The Hall–Kier alpha value is -8.32. The highest BCUT2D eigenvalue weighted by molar-refractivity contribution is 6.35. The summed E-state index contributed by atoms with van der Waals surface area (Å²) in [6.45, 7) is 1.51. The first-order valence-electron chi connectivity index (χ1n) is 48.5. The molecule has 740 valence electrons. The summed E-state index contributed by atoms with van der Waals surface area (Å²) in [7, 11) is 17.1. The highest BCUT2D eigenvalue weighted by Crippen LogP contribution is 2.42. The first kappa shape index (κ1) is 111. The van der Waals surface area contributed by atoms with Gasteiger partial charge in [-0.2, -0.15) is 0 Å². The minimum atomic E-state index is -0.137. The maximum atomic E-state index is 12.6. The number of carbonyl (C=O) groups excluding carboxylic acids is 8. The van der Waals surface area contributed by atoms with E-state index in [1.165, 1.54) is 33.4 Å². The summed E-state index contributed by atoms with van der Waals surface area (Å²) in [5.74, 6) is -0.601. The molecule has 8 N–H and O–H groups in total. The molecule has 137 heavy (non-hydrogen) atoms. The molecule has 0 bridgehead atoms. The molecule has 0 saturated heterocycles. The third kappa shape index (κ3) is 36.3. The molecule has 8 aromatic rings. The van der Waals surface area contributed by atoms with E-state index in [4.69, 9.17) is 92.8 Å². The number of rotatable bonds is 38. The smallest absolute Gasteiger partial charge is 0.220 e. The molecule has 1 unspecified atom stereocenters. The average molecular weight is 2030 g/mol. The molecule has 1 atom stereocenters. The van der Waals surface area contributed by atoms with Crippen LogP contribution in [-0.4, -0.2) is 189 Å². The largest absolute Gasteiger partial charge is 0.356 e. The Morgan fingerprint density at radius 2 is 0.569 bits per heavy atom. The number of carbonyl (C=O) groups is 8. The third-order valence-electron chi connectivity index (χ3n) is 28.4. The van der Waals surface area contributed by atoms with E-state index in [-0.39, 0.29) is 151 Å². The second-order valence-corrected chi connectivity index (χ2v) is 42.1. The third-order valence-corrected chi connectivity index (χ3v) is 30.6. The van der Waals surface area contributed by atoms with E-state index in [9.17, 15) is 38.4 Å². The second kappa shape index (κ2) is 55.2. The number of halogens is 8. The lowest BCUT2D eigenvalue weighted by Gasteiger charge is -2.45. The summed E-state index contributed by atoms with van der Waals surface area (Å²) in [6.07, 6.45) is 24.8. The van der Waals surface area contributed by atoms with Crippen molar-refractivity contribution in [2.45, 2.75) is 264 Å². The number of aryl methyl sites for hydroxylation is 1. The zero-order valence-electron chi connectivity index (χ0n) is 80.8. The fraction of sp³-hybridized carbons (Fsp3) is 0.486. The molecular formula is C109H140Cl8N12O8. The minimum Gasteiger partial charge on any atom is -0.356 e. The van der Waals surface area contributed by atoms with Crippen molar-refractivity contribution in [3.05, 3.63) is 278 Å². The molecule has 0 spiro atoms. The first-order valence-corrected chi connectivity index (χ1v) is 51.5. The zero-order chi connectivity index (χ0) is 98.7. The Morgan fingerprint density at radius 1 is 0.277 bits per heavy atom. The van der Waals surface area contributed by atoms with Crippen LogP contribution in [0.25, 0.3) is 0 Å². The Labute approximate surface area is 852 Å². The van der Waals surface area contributed by atoms with Crippen molar-refractivity contribution in [1.29, 1.82) is 0 Å². The number of benzene rings is 8. The van der Waals surface area contributed by atoms with E-state index in [0.717, 1.165) is 184 Å². The normalized spacial score (nSPS) is 21.1. The Kier molecular flexibility index (Phi) is 44.6. The van der Waals surface area contributed by atoms with Crippen molar-refractivity contribution in [3.8, 4) is 0 Å². The molecule has 13 rings (SSSR count). The molecule has 28 heteroatoms. The number of nitrogens with zero attached hydrogens (tertiary/aromatic N) is 4. The van der Waals surface area contributed by atoms with Crippen molar-refractivity contribution in [2.75, 3.05) is 76.0 Å². The highest BCUT2D eigenvalue weighted by atomic mass is 35.5. The van der Waals surface area contributed by atoms with Crippen LogP contribution in [0.2, 0.25) is 40.2 Å². The van der Waals surface area contributed by atoms with Gasteiger partial charge < -0.3 is 62.1 Å². The minimum absolute atomic E-state index is 0.0285. The van der Waals surface area contributed by atoms with Crippen molar-refractivity contribution < 1.29 is 38.4 Å². The average Bonchev–Trinajstić information content (AvgIpc) is 1.59. The number of fused-ring (bicyclic) bond motifs is 1. The van der Waals surface area contributed by atoms with Crippen molar-refractivity contribution in [1.82, 2.24) is 62.1 Å². The molecule has 8 amide bonds. The van der Waals surface area contributed by atoms with Gasteiger partial charge in [0.25, 0.3) is 0 Å². The molecule has 20 nitrogen and oxygen atoms in total. The van der Waals surface area contributed by atoms with E-state index >= 15 is 0 Å². The predicted octanol–water partition coefficient (Wildman–Crippen LogP) is 20.6. The van der Waals surface area contributed by atoms with E-state index in [1.807, 2.05) is 133 Å². The number of amides is 8. The van der Waals surface area contributed by atoms with E-state index < -0.39 is 0 Å². The van der Waals surface area contributed by atoms with Crippen molar-refractivity contribution in [2.24, 2.45) is 0 Å². The van der Waals surface area contributed by atoms with Gasteiger partial charge in [0, 0.05) is 158 Å². The number of hydrogen-bond donors (Lipinski definition) is 8. The first-order chi connectivity index (χ1) is 65.5. The molecule has 0 aromatic heterocycles. The number of hydrogen-bond acceptors (Lipinski definition) is 12. The van der Waals surface area contributed by atoms with Crippen LogP contribution in [0.15, 0.2) is 188 Å². The molecule has 0 radical (unpaired) electrons. The van der Waals surface area contributed by atoms with E-state index in [1.54, 1.807) is 12.1 Å². The van der Waals surface area contributed by atoms with Gasteiger partial charge in [-0.3, -0.25) is 38.4 Å². The molecule has 5 aliphatic carbocycles. The molecule has 8 aromatic carbocycles. The second-order valence-electron chi connectivity index (χ2n) is 38.7. The molecule has 4 saturated carbocycles. The molecule has 0 aliphatic heterocycles. The quantitative estimate of drug-likeness (QED) is 0.0180. The lowest BCUT2D eigenvalue weighted by molar-refractivity contribution is -0.127. The van der Waals surface area contributed by atoms with E-state index in [0.29, 0.717) is 52.6 Å². The van der Waals surface area contributed by atoms with Crippen LogP contribution in [0.3, 0.4) is 0 Å². The summed E-state index contributed by atoms with van der Waals surface area (Å²) in [4.78, 5) is 108. The van der Waals surface area contributed by atoms with Crippen LogP contribution in [0.5, 0.6) is 0 Å². The summed E-state index contributed by atoms with van der Waals surface area (Å²) < 4.78 is 0. The van der Waals surface area contributed by atoms with Gasteiger partial charge in [-0.1, -0.05) is 202 Å². The molecular weight excluding hydrogens is 1890 g/mol. The summed E-state index contributed by atoms with van der Waals surface area (Å²) in [5, 5.41) is 29.9. The SMILES string of the molecule is CN(C)C1(Cc2cccc(Cl)c2)CCC(NC(=O)CCC(=O)NC2CCc3ccccc32)CC1.CN(C)C1(Cc2cccc(Cl)c2)CCC(NC(=O)CCC(=O)NCCc2ccc(Cl)cc2)CC1.CN(C)C1(Cc2cccc(Cl)c2)CCC(NC(=O)CCC(=O)NCCc2ccc(Cl)cc2Cl)CC1.CN(C)C1(Cc2cccc(Cl)c2)CCC(NC(=O)CCC(=O)NCCc2ccccc2Cl)CC1. The van der Waals surface area contributed by atoms with Gasteiger partial charge in [0.15, 0.2) is 0 Å². The van der Waals surface area contributed by atoms with Gasteiger partial charge in [-0.15, -0.1) is 0 Å². The predicted molar refractivity (Wildman–Crippen MR) is 560 cm³/mol. The van der Waals surface area contributed by atoms with Crippen LogP contribution in [0.4, 0.5) is 0 Å². The topological polar surface area (TPSA) is 246 Å². The standard InChI is InChI=1S/C28H36ClN3O2.C27H34Cl3N3O2.2C27H35Cl2N3O2/c1-32(2)28(19-20-6-5-8-22(29)18-20)16-14-23(15-17-28)30-26(33)12-13-27(34)31-25-11-10-21-7-3-4-9-24(21)25;1-33(2)27(18-19-4-3-5-21(28)16-19)13-10-23(11-14-27)32-26(35)9-8-25(34)31-15-12-20-6-7-22(29)17-24(20)30;1-32(2)27(19-20-6-5-8-22(28)18-20)15-12-23(13-16-27)31-26(34)11-10-25(33)30-17-14-21-7-3-4-9-24(21)29;1-32(2)27(19-21-4-3-5-23(29)18-21)15-12-24(13-16-27)31-26(34)11-10-25(33)30-17-14-20-6-8-22(28)9-7-20/h3-9,18,23,25H,10-17,19H2,1-2H3,(H,30,33)(H,31,34);3-7,16-17,23H,8-15,18H2,1-2H3,(H,31,34)(H,32,35);3-9,18,23H,10-17,19H2,1-2H3,(H,30,33)(H,31,34);3-9,18,24H,10-17,19H2,1-2H3,(H,30,33)(H,31,34). The summed E-state index contributed by atoms with van der Waals surface area (Å²) >= 11 is 48.9.